The molecule has 4 rings (SSSR count). The lowest BCUT2D eigenvalue weighted by Gasteiger charge is -2.12. The molecule has 1 heterocycles. The first-order chi connectivity index (χ1) is 14.0. The maximum absolute atomic E-state index is 13.8. The van der Waals surface area contributed by atoms with E-state index in [-0.39, 0.29) is 10.7 Å². The van der Waals surface area contributed by atoms with Gasteiger partial charge in [-0.25, -0.2) is 4.39 Å². The van der Waals surface area contributed by atoms with Gasteiger partial charge in [-0.15, -0.1) is 10.2 Å². The van der Waals surface area contributed by atoms with Crippen molar-refractivity contribution in [3.63, 3.8) is 0 Å². The van der Waals surface area contributed by atoms with E-state index in [1.54, 1.807) is 16.9 Å². The number of carbonyl (C=O) groups is 1. The first-order valence-corrected chi connectivity index (χ1v) is 9.22. The van der Waals surface area contributed by atoms with E-state index < -0.39 is 11.7 Å². The van der Waals surface area contributed by atoms with Gasteiger partial charge in [0.15, 0.2) is 5.11 Å². The lowest BCUT2D eigenvalue weighted by molar-refractivity contribution is 0.0974. The summed E-state index contributed by atoms with van der Waals surface area (Å²) in [6.45, 7) is 1.89. The predicted molar refractivity (Wildman–Crippen MR) is 114 cm³/mol. The molecule has 0 bridgehead atoms. The van der Waals surface area contributed by atoms with Crippen molar-refractivity contribution in [3.8, 4) is 5.69 Å². The maximum atomic E-state index is 13.8. The number of hydrogen-bond donors (Lipinski definition) is 2. The van der Waals surface area contributed by atoms with Crippen molar-refractivity contribution in [2.24, 2.45) is 0 Å². The molecule has 2 N–H and O–H groups in total. The summed E-state index contributed by atoms with van der Waals surface area (Å²) >= 11 is 5.21. The third-order valence-electron chi connectivity index (χ3n) is 4.31. The van der Waals surface area contributed by atoms with E-state index in [0.717, 1.165) is 16.8 Å². The molecule has 0 spiro atoms. The zero-order valence-corrected chi connectivity index (χ0v) is 16.2. The van der Waals surface area contributed by atoms with Gasteiger partial charge in [0.25, 0.3) is 5.91 Å². The van der Waals surface area contributed by atoms with Crippen LogP contribution in [-0.4, -0.2) is 26.0 Å². The van der Waals surface area contributed by atoms with E-state index in [9.17, 15) is 9.18 Å². The second-order valence-corrected chi connectivity index (χ2v) is 6.78. The average molecular weight is 405 g/mol. The summed E-state index contributed by atoms with van der Waals surface area (Å²) in [6, 6.07) is 19.0. The van der Waals surface area contributed by atoms with Crippen LogP contribution in [0.1, 0.15) is 15.9 Å². The number of nitrogens with zero attached hydrogens (tertiary/aromatic N) is 3. The van der Waals surface area contributed by atoms with Gasteiger partial charge in [-0.1, -0.05) is 30.3 Å². The average Bonchev–Trinajstić information content (AvgIpc) is 3.12. The molecule has 1 amide bonds. The molecule has 0 saturated heterocycles. The third-order valence-corrected chi connectivity index (χ3v) is 4.51. The van der Waals surface area contributed by atoms with Gasteiger partial charge >= 0.3 is 0 Å². The molecule has 3 aromatic carbocycles. The standard InChI is InChI=1S/C21H16FN5OS/c1-13-11-18-19(26-27(25-18)14-7-3-2-4-8-14)12-17(13)23-21(29)24-20(28)15-9-5-6-10-16(15)22/h2-12H,1H3,(H2,23,24,28,29). The lowest BCUT2D eigenvalue weighted by Crippen LogP contribution is -2.34. The largest absolute Gasteiger partial charge is 0.332 e. The van der Waals surface area contributed by atoms with Crippen LogP contribution in [-0.2, 0) is 0 Å². The number of amides is 1. The molecule has 144 valence electrons. The van der Waals surface area contributed by atoms with Gasteiger partial charge in [-0.3, -0.25) is 10.1 Å². The summed E-state index contributed by atoms with van der Waals surface area (Å²) in [6.07, 6.45) is 0. The first kappa shape index (κ1) is 18.7. The predicted octanol–water partition coefficient (Wildman–Crippen LogP) is 3.99. The number of carbonyl (C=O) groups excluding carboxylic acids is 1. The fourth-order valence-corrected chi connectivity index (χ4v) is 3.05. The Balaban J connectivity index is 1.54. The Labute approximate surface area is 171 Å². The van der Waals surface area contributed by atoms with Crippen LogP contribution in [0.4, 0.5) is 10.1 Å². The van der Waals surface area contributed by atoms with Gasteiger partial charge in [-0.2, -0.15) is 4.80 Å². The summed E-state index contributed by atoms with van der Waals surface area (Å²) in [4.78, 5) is 13.8. The van der Waals surface area contributed by atoms with Crippen LogP contribution in [0.15, 0.2) is 66.7 Å². The van der Waals surface area contributed by atoms with Crippen molar-refractivity contribution in [2.75, 3.05) is 5.32 Å². The van der Waals surface area contributed by atoms with Gasteiger partial charge in [0.1, 0.15) is 16.9 Å². The Morgan fingerprint density at radius 1 is 1.00 bits per heavy atom. The summed E-state index contributed by atoms with van der Waals surface area (Å²) in [7, 11) is 0. The highest BCUT2D eigenvalue weighted by molar-refractivity contribution is 7.80. The first-order valence-electron chi connectivity index (χ1n) is 8.81. The molecular formula is C21H16FN5OS. The summed E-state index contributed by atoms with van der Waals surface area (Å²) in [5.74, 6) is -1.22. The SMILES string of the molecule is Cc1cc2nn(-c3ccccc3)nc2cc1NC(=S)NC(=O)c1ccccc1F. The van der Waals surface area contributed by atoms with E-state index in [0.29, 0.717) is 11.2 Å². The number of rotatable bonds is 3. The van der Waals surface area contributed by atoms with Crippen LogP contribution in [0.3, 0.4) is 0 Å². The number of aryl methyl sites for hydroxylation is 1. The van der Waals surface area contributed by atoms with Crippen molar-refractivity contribution in [1.82, 2.24) is 20.3 Å². The van der Waals surface area contributed by atoms with Gasteiger partial charge in [-0.05, 0) is 61.1 Å². The van der Waals surface area contributed by atoms with E-state index in [2.05, 4.69) is 20.8 Å². The zero-order valence-electron chi connectivity index (χ0n) is 15.4. The smallest absolute Gasteiger partial charge is 0.260 e. The van der Waals surface area contributed by atoms with E-state index in [4.69, 9.17) is 12.2 Å². The third kappa shape index (κ3) is 3.97. The number of anilines is 1. The van der Waals surface area contributed by atoms with Gasteiger partial charge in [0, 0.05) is 5.69 Å². The van der Waals surface area contributed by atoms with Gasteiger partial charge < -0.3 is 5.32 Å². The molecule has 0 atom stereocenters. The Kier molecular flexibility index (Phi) is 5.01. The molecule has 29 heavy (non-hydrogen) atoms. The number of thiocarbonyl (C=S) groups is 1. The van der Waals surface area contributed by atoms with Crippen molar-refractivity contribution in [2.45, 2.75) is 6.92 Å². The molecule has 1 aromatic heterocycles. The molecule has 0 radical (unpaired) electrons. The fourth-order valence-electron chi connectivity index (χ4n) is 2.85. The number of hydrogen-bond acceptors (Lipinski definition) is 4. The van der Waals surface area contributed by atoms with Crippen molar-refractivity contribution >= 4 is 40.0 Å². The molecule has 4 aromatic rings. The minimum Gasteiger partial charge on any atom is -0.332 e. The van der Waals surface area contributed by atoms with Crippen LogP contribution >= 0.6 is 12.2 Å². The molecule has 0 fully saturated rings. The molecule has 0 aliphatic heterocycles. The Morgan fingerprint density at radius 3 is 2.38 bits per heavy atom. The molecule has 0 saturated carbocycles. The number of fused-ring (bicyclic) bond motifs is 1. The monoisotopic (exact) mass is 405 g/mol. The maximum Gasteiger partial charge on any atom is 0.260 e. The van der Waals surface area contributed by atoms with Gasteiger partial charge in [0.05, 0.1) is 11.3 Å². The van der Waals surface area contributed by atoms with Crippen LogP contribution in [0.25, 0.3) is 16.7 Å². The Bertz CT molecular complexity index is 1220. The van der Waals surface area contributed by atoms with Crippen molar-refractivity contribution in [3.05, 3.63) is 83.7 Å². The molecule has 0 aliphatic carbocycles. The van der Waals surface area contributed by atoms with Crippen LogP contribution in [0.5, 0.6) is 0 Å². The summed E-state index contributed by atoms with van der Waals surface area (Å²) in [5, 5.41) is 14.5. The zero-order chi connectivity index (χ0) is 20.4. The highest BCUT2D eigenvalue weighted by Crippen LogP contribution is 2.22. The second kappa shape index (κ2) is 7.76. The number of aromatic nitrogens is 3. The minimum atomic E-state index is -0.616. The van der Waals surface area contributed by atoms with E-state index >= 15 is 0 Å². The van der Waals surface area contributed by atoms with Crippen LogP contribution in [0, 0.1) is 12.7 Å². The quantitative estimate of drug-likeness (QED) is 0.504. The number of halogens is 1. The number of para-hydroxylation sites is 1. The Hall–Kier alpha value is -3.65. The molecule has 6 nitrogen and oxygen atoms in total. The van der Waals surface area contributed by atoms with Gasteiger partial charge in [0.2, 0.25) is 0 Å². The highest BCUT2D eigenvalue weighted by atomic mass is 32.1. The van der Waals surface area contributed by atoms with Crippen molar-refractivity contribution < 1.29 is 9.18 Å². The topological polar surface area (TPSA) is 71.8 Å². The van der Waals surface area contributed by atoms with Crippen LogP contribution < -0.4 is 10.6 Å². The Morgan fingerprint density at radius 2 is 1.66 bits per heavy atom. The minimum absolute atomic E-state index is 0.0659. The van der Waals surface area contributed by atoms with E-state index in [1.807, 2.05) is 43.3 Å². The normalized spacial score (nSPS) is 10.7. The van der Waals surface area contributed by atoms with Crippen LogP contribution in [0.2, 0.25) is 0 Å². The lowest BCUT2D eigenvalue weighted by atomic mass is 10.2. The fraction of sp³-hybridized carbons (Fsp3) is 0.0476. The molecule has 0 aliphatic rings. The number of nitrogens with one attached hydrogen (secondary N) is 2. The number of benzene rings is 3. The summed E-state index contributed by atoms with van der Waals surface area (Å²) in [5.41, 5.74) is 3.73. The highest BCUT2D eigenvalue weighted by Gasteiger charge is 2.14. The molecule has 0 unspecified atom stereocenters. The molecule has 8 heteroatoms. The van der Waals surface area contributed by atoms with Crippen molar-refractivity contribution in [1.29, 1.82) is 0 Å². The molecular weight excluding hydrogens is 389 g/mol. The van der Waals surface area contributed by atoms with E-state index in [1.165, 1.54) is 18.2 Å². The second-order valence-electron chi connectivity index (χ2n) is 6.37. The summed E-state index contributed by atoms with van der Waals surface area (Å²) < 4.78 is 13.8.